The second-order valence-corrected chi connectivity index (χ2v) is 6.56. The zero-order chi connectivity index (χ0) is 14.8. The minimum Gasteiger partial charge on any atom is -0.337 e. The van der Waals surface area contributed by atoms with Crippen LogP contribution in [0.25, 0.3) is 11.3 Å². The third-order valence-electron chi connectivity index (χ3n) is 4.02. The van der Waals surface area contributed by atoms with Crippen LogP contribution >= 0.6 is 15.9 Å². The van der Waals surface area contributed by atoms with Gasteiger partial charge in [-0.15, -0.1) is 0 Å². The highest BCUT2D eigenvalue weighted by Crippen LogP contribution is 2.22. The number of aromatic amines is 1. The molecular weight excluding hydrogens is 330 g/mol. The Kier molecular flexibility index (Phi) is 4.10. The van der Waals surface area contributed by atoms with E-state index in [2.05, 4.69) is 33.1 Å². The van der Waals surface area contributed by atoms with Gasteiger partial charge >= 0.3 is 0 Å². The van der Waals surface area contributed by atoms with Crippen molar-refractivity contribution in [2.45, 2.75) is 19.8 Å². The monoisotopic (exact) mass is 347 g/mol. The standard InChI is InChI=1S/C16H18BrN3O/c1-11-6-8-20(9-7-11)16(21)15-10-14(18-19-15)12-2-4-13(17)5-3-12/h2-5,10-11H,6-9H2,1H3,(H,18,19). The van der Waals surface area contributed by atoms with Crippen molar-refractivity contribution in [2.75, 3.05) is 13.1 Å². The highest BCUT2D eigenvalue weighted by molar-refractivity contribution is 9.10. The molecule has 1 N–H and O–H groups in total. The molecule has 2 aromatic rings. The Bertz CT molecular complexity index is 627. The van der Waals surface area contributed by atoms with Gasteiger partial charge < -0.3 is 4.90 Å². The predicted molar refractivity (Wildman–Crippen MR) is 86.0 cm³/mol. The number of piperidine rings is 1. The maximum Gasteiger partial charge on any atom is 0.271 e. The van der Waals surface area contributed by atoms with Crippen molar-refractivity contribution in [3.63, 3.8) is 0 Å². The van der Waals surface area contributed by atoms with E-state index in [1.54, 1.807) is 0 Å². The summed E-state index contributed by atoms with van der Waals surface area (Å²) in [6.07, 6.45) is 2.17. The van der Waals surface area contributed by atoms with Gasteiger partial charge in [-0.2, -0.15) is 5.10 Å². The van der Waals surface area contributed by atoms with Gasteiger partial charge in [-0.1, -0.05) is 35.0 Å². The maximum absolute atomic E-state index is 12.5. The molecule has 0 unspecified atom stereocenters. The van der Waals surface area contributed by atoms with Crippen molar-refractivity contribution in [2.24, 2.45) is 5.92 Å². The summed E-state index contributed by atoms with van der Waals surface area (Å²) in [6, 6.07) is 9.74. The zero-order valence-corrected chi connectivity index (χ0v) is 13.6. The molecule has 2 heterocycles. The Morgan fingerprint density at radius 2 is 1.95 bits per heavy atom. The molecule has 0 aliphatic carbocycles. The van der Waals surface area contributed by atoms with Gasteiger partial charge in [0.25, 0.3) is 5.91 Å². The van der Waals surface area contributed by atoms with Gasteiger partial charge in [0, 0.05) is 23.1 Å². The number of halogens is 1. The summed E-state index contributed by atoms with van der Waals surface area (Å²) in [5.74, 6) is 0.770. The number of amides is 1. The molecule has 1 aromatic heterocycles. The minimum absolute atomic E-state index is 0.0535. The second kappa shape index (κ2) is 6.02. The molecule has 0 saturated carbocycles. The number of carbonyl (C=O) groups excluding carboxylic acids is 1. The smallest absolute Gasteiger partial charge is 0.271 e. The molecule has 1 fully saturated rings. The fourth-order valence-corrected chi connectivity index (χ4v) is 2.85. The lowest BCUT2D eigenvalue weighted by molar-refractivity contribution is 0.0691. The zero-order valence-electron chi connectivity index (χ0n) is 12.0. The molecule has 1 aliphatic rings. The molecule has 5 heteroatoms. The summed E-state index contributed by atoms with van der Waals surface area (Å²) in [7, 11) is 0. The molecule has 1 amide bonds. The third kappa shape index (κ3) is 3.18. The lowest BCUT2D eigenvalue weighted by Gasteiger charge is -2.29. The van der Waals surface area contributed by atoms with E-state index in [0.717, 1.165) is 41.7 Å². The van der Waals surface area contributed by atoms with Crippen LogP contribution in [0.5, 0.6) is 0 Å². The van der Waals surface area contributed by atoms with Gasteiger partial charge in [0.15, 0.2) is 0 Å². The SMILES string of the molecule is CC1CCN(C(=O)c2cc(-c3ccc(Br)cc3)n[nH]2)CC1. The number of rotatable bonds is 2. The first kappa shape index (κ1) is 14.3. The number of H-pyrrole nitrogens is 1. The van der Waals surface area contributed by atoms with Crippen LogP contribution in [0.3, 0.4) is 0 Å². The van der Waals surface area contributed by atoms with E-state index in [4.69, 9.17) is 0 Å². The van der Waals surface area contributed by atoms with Gasteiger partial charge in [-0.25, -0.2) is 0 Å². The van der Waals surface area contributed by atoms with Crippen molar-refractivity contribution >= 4 is 21.8 Å². The molecule has 1 aliphatic heterocycles. The van der Waals surface area contributed by atoms with Crippen LogP contribution in [0.4, 0.5) is 0 Å². The van der Waals surface area contributed by atoms with Crippen molar-refractivity contribution in [3.8, 4) is 11.3 Å². The van der Waals surface area contributed by atoms with Crippen LogP contribution < -0.4 is 0 Å². The molecule has 110 valence electrons. The van der Waals surface area contributed by atoms with Crippen molar-refractivity contribution in [3.05, 3.63) is 40.5 Å². The van der Waals surface area contributed by atoms with Crippen LogP contribution in [-0.4, -0.2) is 34.1 Å². The average molecular weight is 348 g/mol. The van der Waals surface area contributed by atoms with Gasteiger partial charge in [-0.3, -0.25) is 9.89 Å². The number of hydrogen-bond acceptors (Lipinski definition) is 2. The van der Waals surface area contributed by atoms with E-state index in [1.165, 1.54) is 0 Å². The minimum atomic E-state index is 0.0535. The molecule has 0 bridgehead atoms. The first-order chi connectivity index (χ1) is 10.1. The summed E-state index contributed by atoms with van der Waals surface area (Å²) in [6.45, 7) is 3.92. The number of benzene rings is 1. The van der Waals surface area contributed by atoms with Crippen LogP contribution in [0.15, 0.2) is 34.8 Å². The van der Waals surface area contributed by atoms with Crippen LogP contribution in [0, 0.1) is 5.92 Å². The normalized spacial score (nSPS) is 16.2. The molecule has 21 heavy (non-hydrogen) atoms. The average Bonchev–Trinajstić information content (AvgIpc) is 2.98. The number of nitrogens with zero attached hydrogens (tertiary/aromatic N) is 2. The molecule has 4 nitrogen and oxygen atoms in total. The number of carbonyl (C=O) groups is 1. The fraction of sp³-hybridized carbons (Fsp3) is 0.375. The van der Waals surface area contributed by atoms with E-state index in [0.29, 0.717) is 11.6 Å². The first-order valence-corrected chi connectivity index (χ1v) is 8.03. The molecule has 0 spiro atoms. The Hall–Kier alpha value is -1.62. The Morgan fingerprint density at radius 3 is 2.62 bits per heavy atom. The summed E-state index contributed by atoms with van der Waals surface area (Å²) < 4.78 is 1.03. The van der Waals surface area contributed by atoms with Gasteiger partial charge in [0.2, 0.25) is 0 Å². The van der Waals surface area contributed by atoms with Gasteiger partial charge in [0.05, 0.1) is 5.69 Å². The van der Waals surface area contributed by atoms with Crippen molar-refractivity contribution in [1.29, 1.82) is 0 Å². The quantitative estimate of drug-likeness (QED) is 0.899. The largest absolute Gasteiger partial charge is 0.337 e. The second-order valence-electron chi connectivity index (χ2n) is 5.65. The summed E-state index contributed by atoms with van der Waals surface area (Å²) in [5, 5.41) is 7.13. The third-order valence-corrected chi connectivity index (χ3v) is 4.55. The first-order valence-electron chi connectivity index (χ1n) is 7.24. The predicted octanol–water partition coefficient (Wildman–Crippen LogP) is 3.71. The van der Waals surface area contributed by atoms with E-state index >= 15 is 0 Å². The summed E-state index contributed by atoms with van der Waals surface area (Å²) >= 11 is 3.41. The van der Waals surface area contributed by atoms with Gasteiger partial charge in [-0.05, 0) is 37.0 Å². The molecule has 0 atom stereocenters. The lowest BCUT2D eigenvalue weighted by Crippen LogP contribution is -2.38. The van der Waals surface area contributed by atoms with Crippen LogP contribution in [0.1, 0.15) is 30.3 Å². The van der Waals surface area contributed by atoms with Crippen LogP contribution in [-0.2, 0) is 0 Å². The molecule has 0 radical (unpaired) electrons. The van der Waals surface area contributed by atoms with E-state index in [1.807, 2.05) is 35.2 Å². The van der Waals surface area contributed by atoms with Crippen molar-refractivity contribution in [1.82, 2.24) is 15.1 Å². The van der Waals surface area contributed by atoms with E-state index < -0.39 is 0 Å². The number of likely N-dealkylation sites (tertiary alicyclic amines) is 1. The highest BCUT2D eigenvalue weighted by Gasteiger charge is 2.22. The topological polar surface area (TPSA) is 49.0 Å². The van der Waals surface area contributed by atoms with Crippen LogP contribution in [0.2, 0.25) is 0 Å². The molecule has 3 rings (SSSR count). The summed E-state index contributed by atoms with van der Waals surface area (Å²) in [5.41, 5.74) is 2.37. The summed E-state index contributed by atoms with van der Waals surface area (Å²) in [4.78, 5) is 14.4. The number of aromatic nitrogens is 2. The van der Waals surface area contributed by atoms with Crippen molar-refractivity contribution < 1.29 is 4.79 Å². The Balaban J connectivity index is 1.75. The fourth-order valence-electron chi connectivity index (χ4n) is 2.58. The highest BCUT2D eigenvalue weighted by atomic mass is 79.9. The molecule has 1 aromatic carbocycles. The maximum atomic E-state index is 12.5. The van der Waals surface area contributed by atoms with Gasteiger partial charge in [0.1, 0.15) is 5.69 Å². The van der Waals surface area contributed by atoms with E-state index in [-0.39, 0.29) is 5.91 Å². The molecule has 1 saturated heterocycles. The van der Waals surface area contributed by atoms with E-state index in [9.17, 15) is 4.79 Å². The molecular formula is C16H18BrN3O. The Morgan fingerprint density at radius 1 is 1.29 bits per heavy atom. The Labute approximate surface area is 132 Å². The number of hydrogen-bond donors (Lipinski definition) is 1. The number of nitrogens with one attached hydrogen (secondary N) is 1. The lowest BCUT2D eigenvalue weighted by atomic mass is 9.99.